The number of hydrogen-bond donors (Lipinski definition) is 2. The molecule has 3 N–H and O–H groups in total. The predicted octanol–water partition coefficient (Wildman–Crippen LogP) is 4.43. The van der Waals surface area contributed by atoms with Crippen LogP contribution in [0.5, 0.6) is 0 Å². The summed E-state index contributed by atoms with van der Waals surface area (Å²) >= 11 is 3.60. The standard InChI is InChI=1S/C18H23BrN2/c1-11-8-12(2)16(13(3)9-11)10-18(21-20)15-6-5-7-17(19)14(15)4/h5-9,18,21H,10,20H2,1-4H3. The maximum absolute atomic E-state index is 5.84. The summed E-state index contributed by atoms with van der Waals surface area (Å²) in [5, 5.41) is 0. The molecule has 0 fully saturated rings. The molecule has 0 bridgehead atoms. The van der Waals surface area contributed by atoms with Gasteiger partial charge in [-0.2, -0.15) is 0 Å². The number of aryl methyl sites for hydroxylation is 3. The largest absolute Gasteiger partial charge is 0.271 e. The van der Waals surface area contributed by atoms with Crippen molar-refractivity contribution in [3.05, 3.63) is 68.2 Å². The molecule has 2 rings (SSSR count). The fourth-order valence-electron chi connectivity index (χ4n) is 3.00. The zero-order chi connectivity index (χ0) is 15.6. The Bertz CT molecular complexity index is 627. The van der Waals surface area contributed by atoms with Crippen LogP contribution in [0.15, 0.2) is 34.8 Å². The second-order valence-corrected chi connectivity index (χ2v) is 6.61. The van der Waals surface area contributed by atoms with E-state index in [0.717, 1.165) is 10.9 Å². The number of hydrogen-bond acceptors (Lipinski definition) is 2. The number of halogens is 1. The average molecular weight is 347 g/mol. The van der Waals surface area contributed by atoms with Crippen molar-refractivity contribution in [2.24, 2.45) is 5.84 Å². The predicted molar refractivity (Wildman–Crippen MR) is 93.3 cm³/mol. The molecule has 0 aliphatic heterocycles. The molecule has 2 aromatic rings. The van der Waals surface area contributed by atoms with Crippen molar-refractivity contribution in [3.8, 4) is 0 Å². The summed E-state index contributed by atoms with van der Waals surface area (Å²) in [5.41, 5.74) is 10.8. The molecule has 21 heavy (non-hydrogen) atoms. The summed E-state index contributed by atoms with van der Waals surface area (Å²) in [6.07, 6.45) is 0.895. The van der Waals surface area contributed by atoms with E-state index in [1.54, 1.807) is 0 Å². The third kappa shape index (κ3) is 3.54. The average Bonchev–Trinajstić information content (AvgIpc) is 2.42. The fourth-order valence-corrected chi connectivity index (χ4v) is 3.38. The van der Waals surface area contributed by atoms with Crippen LogP contribution in [0.25, 0.3) is 0 Å². The van der Waals surface area contributed by atoms with E-state index in [9.17, 15) is 0 Å². The van der Waals surface area contributed by atoms with Crippen molar-refractivity contribution in [2.75, 3.05) is 0 Å². The lowest BCUT2D eigenvalue weighted by atomic mass is 9.90. The topological polar surface area (TPSA) is 38.0 Å². The summed E-state index contributed by atoms with van der Waals surface area (Å²) in [6, 6.07) is 10.9. The molecule has 0 aromatic heterocycles. The van der Waals surface area contributed by atoms with Gasteiger partial charge in [0.2, 0.25) is 0 Å². The molecule has 0 aliphatic rings. The fraction of sp³-hybridized carbons (Fsp3) is 0.333. The number of rotatable bonds is 4. The monoisotopic (exact) mass is 346 g/mol. The van der Waals surface area contributed by atoms with Crippen LogP contribution in [0.4, 0.5) is 0 Å². The first-order chi connectivity index (χ1) is 9.93. The van der Waals surface area contributed by atoms with Crippen molar-refractivity contribution in [3.63, 3.8) is 0 Å². The van der Waals surface area contributed by atoms with Gasteiger partial charge in [0.15, 0.2) is 0 Å². The van der Waals surface area contributed by atoms with Crippen LogP contribution in [0.1, 0.15) is 39.4 Å². The molecule has 2 aromatic carbocycles. The molecular formula is C18H23BrN2. The lowest BCUT2D eigenvalue weighted by Gasteiger charge is -2.22. The Morgan fingerprint density at radius 2 is 1.71 bits per heavy atom. The highest BCUT2D eigenvalue weighted by Gasteiger charge is 2.16. The quantitative estimate of drug-likeness (QED) is 0.634. The second kappa shape index (κ2) is 6.73. The lowest BCUT2D eigenvalue weighted by molar-refractivity contribution is 0.547. The maximum atomic E-state index is 5.84. The first-order valence-electron chi connectivity index (χ1n) is 7.22. The molecule has 0 spiro atoms. The van der Waals surface area contributed by atoms with Crippen LogP contribution in [0.3, 0.4) is 0 Å². The van der Waals surface area contributed by atoms with E-state index in [1.165, 1.54) is 33.4 Å². The Kier molecular flexibility index (Phi) is 5.20. The van der Waals surface area contributed by atoms with E-state index < -0.39 is 0 Å². The summed E-state index contributed by atoms with van der Waals surface area (Å²) in [5.74, 6) is 5.84. The van der Waals surface area contributed by atoms with Crippen LogP contribution in [-0.2, 0) is 6.42 Å². The highest BCUT2D eigenvalue weighted by Crippen LogP contribution is 2.28. The number of benzene rings is 2. The SMILES string of the molecule is Cc1cc(C)c(CC(NN)c2cccc(Br)c2C)c(C)c1. The summed E-state index contributed by atoms with van der Waals surface area (Å²) < 4.78 is 1.12. The lowest BCUT2D eigenvalue weighted by Crippen LogP contribution is -2.30. The Balaban J connectivity index is 2.38. The van der Waals surface area contributed by atoms with Crippen LogP contribution < -0.4 is 11.3 Å². The maximum Gasteiger partial charge on any atom is 0.0503 e. The smallest absolute Gasteiger partial charge is 0.0503 e. The molecule has 0 radical (unpaired) electrons. The molecule has 3 heteroatoms. The van der Waals surface area contributed by atoms with Crippen LogP contribution >= 0.6 is 15.9 Å². The molecule has 0 saturated carbocycles. The molecule has 0 aliphatic carbocycles. The van der Waals surface area contributed by atoms with E-state index >= 15 is 0 Å². The summed E-state index contributed by atoms with van der Waals surface area (Å²) in [7, 11) is 0. The van der Waals surface area contributed by atoms with Crippen LogP contribution in [0, 0.1) is 27.7 Å². The number of nitrogens with one attached hydrogen (secondary N) is 1. The van der Waals surface area contributed by atoms with Gasteiger partial charge in [-0.1, -0.05) is 45.8 Å². The summed E-state index contributed by atoms with van der Waals surface area (Å²) in [4.78, 5) is 0. The molecular weight excluding hydrogens is 324 g/mol. The van der Waals surface area contributed by atoms with E-state index in [2.05, 4.69) is 79.4 Å². The van der Waals surface area contributed by atoms with Gasteiger partial charge in [-0.25, -0.2) is 0 Å². The van der Waals surface area contributed by atoms with Crippen molar-refractivity contribution in [2.45, 2.75) is 40.2 Å². The Morgan fingerprint density at radius 3 is 2.29 bits per heavy atom. The summed E-state index contributed by atoms with van der Waals surface area (Å²) in [6.45, 7) is 8.62. The zero-order valence-corrected chi connectivity index (χ0v) is 14.7. The molecule has 1 unspecified atom stereocenters. The van der Waals surface area contributed by atoms with Gasteiger partial charge in [-0.05, 0) is 68.0 Å². The van der Waals surface area contributed by atoms with Gasteiger partial charge in [-0.15, -0.1) is 0 Å². The number of hydrazine groups is 1. The second-order valence-electron chi connectivity index (χ2n) is 5.75. The van der Waals surface area contributed by atoms with Gasteiger partial charge in [0.25, 0.3) is 0 Å². The molecule has 2 nitrogen and oxygen atoms in total. The Morgan fingerprint density at radius 1 is 1.10 bits per heavy atom. The van der Waals surface area contributed by atoms with Gasteiger partial charge in [0.05, 0.1) is 6.04 Å². The molecule has 0 saturated heterocycles. The minimum atomic E-state index is 0.114. The Hall–Kier alpha value is -1.16. The van der Waals surface area contributed by atoms with E-state index in [-0.39, 0.29) is 6.04 Å². The normalized spacial score (nSPS) is 12.5. The first kappa shape index (κ1) is 16.2. The highest BCUT2D eigenvalue weighted by molar-refractivity contribution is 9.10. The zero-order valence-electron chi connectivity index (χ0n) is 13.1. The van der Waals surface area contributed by atoms with Gasteiger partial charge >= 0.3 is 0 Å². The molecule has 0 heterocycles. The minimum absolute atomic E-state index is 0.114. The molecule has 0 amide bonds. The first-order valence-corrected chi connectivity index (χ1v) is 8.01. The van der Waals surface area contributed by atoms with E-state index in [0.29, 0.717) is 0 Å². The van der Waals surface area contributed by atoms with Crippen molar-refractivity contribution in [1.29, 1.82) is 0 Å². The Labute approximate surface area is 135 Å². The van der Waals surface area contributed by atoms with Gasteiger partial charge in [0, 0.05) is 4.47 Å². The number of nitrogens with two attached hydrogens (primary N) is 1. The van der Waals surface area contributed by atoms with Crippen LogP contribution in [-0.4, -0.2) is 0 Å². The molecule has 112 valence electrons. The van der Waals surface area contributed by atoms with Gasteiger partial charge < -0.3 is 0 Å². The van der Waals surface area contributed by atoms with Gasteiger partial charge in [0.1, 0.15) is 0 Å². The minimum Gasteiger partial charge on any atom is -0.271 e. The van der Waals surface area contributed by atoms with Gasteiger partial charge in [-0.3, -0.25) is 11.3 Å². The van der Waals surface area contributed by atoms with E-state index in [1.807, 2.05) is 0 Å². The third-order valence-electron chi connectivity index (χ3n) is 4.13. The van der Waals surface area contributed by atoms with Crippen molar-refractivity contribution in [1.82, 2.24) is 5.43 Å². The third-order valence-corrected chi connectivity index (χ3v) is 4.99. The van der Waals surface area contributed by atoms with Crippen molar-refractivity contribution >= 4 is 15.9 Å². The van der Waals surface area contributed by atoms with Crippen molar-refractivity contribution < 1.29 is 0 Å². The highest BCUT2D eigenvalue weighted by atomic mass is 79.9. The van der Waals surface area contributed by atoms with Crippen LogP contribution in [0.2, 0.25) is 0 Å². The molecule has 1 atom stereocenters. The van der Waals surface area contributed by atoms with E-state index in [4.69, 9.17) is 5.84 Å².